The van der Waals surface area contributed by atoms with Crippen molar-refractivity contribution in [1.29, 1.82) is 0 Å². The van der Waals surface area contributed by atoms with Crippen LogP contribution in [-0.2, 0) is 13.0 Å². The Kier molecular flexibility index (Phi) is 8.04. The lowest BCUT2D eigenvalue weighted by atomic mass is 10.0. The van der Waals surface area contributed by atoms with E-state index in [1.165, 1.54) is 24.0 Å². The van der Waals surface area contributed by atoms with E-state index >= 15 is 0 Å². The van der Waals surface area contributed by atoms with Crippen molar-refractivity contribution < 1.29 is 0 Å². The number of aryl methyl sites for hydroxylation is 2. The maximum atomic E-state index is 4.93. The molecule has 1 atom stereocenters. The average molecular weight is 398 g/mol. The van der Waals surface area contributed by atoms with Crippen LogP contribution < -0.4 is 10.6 Å². The molecule has 1 unspecified atom stereocenters. The molecule has 2 N–H and O–H groups in total. The van der Waals surface area contributed by atoms with Gasteiger partial charge in [-0.2, -0.15) is 0 Å². The molecule has 1 aromatic carbocycles. The van der Waals surface area contributed by atoms with Gasteiger partial charge in [-0.3, -0.25) is 9.89 Å². The molecule has 0 spiro atoms. The Bertz CT molecular complexity index is 760. The highest BCUT2D eigenvalue weighted by atomic mass is 15.3. The fourth-order valence-corrected chi connectivity index (χ4v) is 3.83. The van der Waals surface area contributed by atoms with Gasteiger partial charge in [-0.05, 0) is 45.3 Å². The van der Waals surface area contributed by atoms with Crippen molar-refractivity contribution in [3.8, 4) is 0 Å². The van der Waals surface area contributed by atoms with Crippen LogP contribution in [0.2, 0.25) is 0 Å². The molecule has 3 rings (SSSR count). The summed E-state index contributed by atoms with van der Waals surface area (Å²) in [5.74, 6) is 1.89. The van der Waals surface area contributed by atoms with Gasteiger partial charge in [-0.1, -0.05) is 36.8 Å². The predicted octanol–water partition coefficient (Wildman–Crippen LogP) is 2.54. The molecule has 1 aliphatic rings. The van der Waals surface area contributed by atoms with E-state index in [1.54, 1.807) is 6.33 Å². The van der Waals surface area contributed by atoms with Crippen LogP contribution >= 0.6 is 0 Å². The van der Waals surface area contributed by atoms with E-state index in [2.05, 4.69) is 75.3 Å². The number of nitrogens with one attached hydrogen (secondary N) is 2. The summed E-state index contributed by atoms with van der Waals surface area (Å²) in [7, 11) is 0. The minimum Gasteiger partial charge on any atom is -0.357 e. The third-order valence-electron chi connectivity index (χ3n) is 5.47. The molecule has 0 aliphatic carbocycles. The second-order valence-corrected chi connectivity index (χ2v) is 7.61. The van der Waals surface area contributed by atoms with E-state index in [4.69, 9.17) is 4.99 Å². The van der Waals surface area contributed by atoms with Crippen LogP contribution in [0.25, 0.3) is 0 Å². The molecule has 2 heterocycles. The molecule has 0 saturated carbocycles. The lowest BCUT2D eigenvalue weighted by Crippen LogP contribution is -2.39. The van der Waals surface area contributed by atoms with Gasteiger partial charge >= 0.3 is 0 Å². The van der Waals surface area contributed by atoms with Gasteiger partial charge in [0, 0.05) is 26.1 Å². The minimum atomic E-state index is 0.332. The standard InChI is InChI=1S/C22H35N7/c1-4-21-27-26-17-29(21)15-12-24-22(23-5-2)25-16-20(28-13-6-7-14-28)19-10-8-18(3)9-11-19/h8-11,17,20H,4-7,12-16H2,1-3H3,(H2,23,24,25). The number of guanidine groups is 1. The van der Waals surface area contributed by atoms with Gasteiger partial charge in [0.1, 0.15) is 12.2 Å². The first-order valence-corrected chi connectivity index (χ1v) is 10.9. The Balaban J connectivity index is 1.64. The molecule has 1 aromatic heterocycles. The molecule has 2 aromatic rings. The van der Waals surface area contributed by atoms with Gasteiger partial charge in [-0.15, -0.1) is 10.2 Å². The molecule has 158 valence electrons. The fraction of sp³-hybridized carbons (Fsp3) is 0.591. The van der Waals surface area contributed by atoms with Crippen LogP contribution in [0.5, 0.6) is 0 Å². The molecule has 7 nitrogen and oxygen atoms in total. The second-order valence-electron chi connectivity index (χ2n) is 7.61. The van der Waals surface area contributed by atoms with Crippen molar-refractivity contribution in [2.45, 2.75) is 52.6 Å². The van der Waals surface area contributed by atoms with Gasteiger partial charge in [0.05, 0.1) is 12.6 Å². The number of likely N-dealkylation sites (tertiary alicyclic amines) is 1. The summed E-state index contributed by atoms with van der Waals surface area (Å²) in [5, 5.41) is 15.0. The quantitative estimate of drug-likeness (QED) is 0.503. The third-order valence-corrected chi connectivity index (χ3v) is 5.47. The van der Waals surface area contributed by atoms with Crippen LogP contribution in [-0.4, -0.2) is 58.3 Å². The zero-order valence-electron chi connectivity index (χ0n) is 18.1. The molecular weight excluding hydrogens is 362 g/mol. The van der Waals surface area contributed by atoms with E-state index in [1.807, 2.05) is 0 Å². The molecule has 1 aliphatic heterocycles. The summed E-state index contributed by atoms with van der Waals surface area (Å²) in [6.45, 7) is 11.9. The fourth-order valence-electron chi connectivity index (χ4n) is 3.83. The summed E-state index contributed by atoms with van der Waals surface area (Å²) in [4.78, 5) is 7.50. The zero-order chi connectivity index (χ0) is 20.5. The normalized spacial score (nSPS) is 16.2. The molecule has 1 fully saturated rings. The summed E-state index contributed by atoms with van der Waals surface area (Å²) < 4.78 is 2.09. The summed E-state index contributed by atoms with van der Waals surface area (Å²) >= 11 is 0. The topological polar surface area (TPSA) is 70.4 Å². The summed E-state index contributed by atoms with van der Waals surface area (Å²) in [6, 6.07) is 9.25. The van der Waals surface area contributed by atoms with Crippen LogP contribution in [0.1, 0.15) is 49.7 Å². The van der Waals surface area contributed by atoms with E-state index in [0.29, 0.717) is 6.04 Å². The molecule has 1 saturated heterocycles. The van der Waals surface area contributed by atoms with Crippen molar-refractivity contribution >= 4 is 5.96 Å². The predicted molar refractivity (Wildman–Crippen MR) is 118 cm³/mol. The first kappa shape index (κ1) is 21.3. The number of aromatic nitrogens is 3. The Morgan fingerprint density at radius 3 is 2.59 bits per heavy atom. The van der Waals surface area contributed by atoms with Gasteiger partial charge in [-0.25, -0.2) is 0 Å². The second kappa shape index (κ2) is 11.0. The molecular formula is C22H35N7. The van der Waals surface area contributed by atoms with Crippen molar-refractivity contribution in [2.24, 2.45) is 4.99 Å². The van der Waals surface area contributed by atoms with Crippen molar-refractivity contribution in [2.75, 3.05) is 32.7 Å². The molecule has 0 amide bonds. The van der Waals surface area contributed by atoms with Crippen molar-refractivity contribution in [3.05, 3.63) is 47.5 Å². The highest BCUT2D eigenvalue weighted by Crippen LogP contribution is 2.25. The Morgan fingerprint density at radius 1 is 1.14 bits per heavy atom. The summed E-state index contributed by atoms with van der Waals surface area (Å²) in [6.07, 6.45) is 5.25. The first-order valence-electron chi connectivity index (χ1n) is 10.9. The van der Waals surface area contributed by atoms with Crippen LogP contribution in [0.3, 0.4) is 0 Å². The number of hydrogen-bond acceptors (Lipinski definition) is 4. The van der Waals surface area contributed by atoms with Crippen LogP contribution in [0, 0.1) is 6.92 Å². The molecule has 0 radical (unpaired) electrons. The number of hydrogen-bond donors (Lipinski definition) is 2. The van der Waals surface area contributed by atoms with Crippen molar-refractivity contribution in [3.63, 3.8) is 0 Å². The van der Waals surface area contributed by atoms with Gasteiger partial charge in [0.25, 0.3) is 0 Å². The number of nitrogens with zero attached hydrogens (tertiary/aromatic N) is 5. The van der Waals surface area contributed by atoms with Gasteiger partial charge in [0.15, 0.2) is 5.96 Å². The van der Waals surface area contributed by atoms with E-state index < -0.39 is 0 Å². The number of benzene rings is 1. The van der Waals surface area contributed by atoms with Gasteiger partial charge < -0.3 is 15.2 Å². The lowest BCUT2D eigenvalue weighted by molar-refractivity contribution is 0.251. The molecule has 0 bridgehead atoms. The highest BCUT2D eigenvalue weighted by molar-refractivity contribution is 5.79. The zero-order valence-corrected chi connectivity index (χ0v) is 18.1. The SMILES string of the molecule is CCNC(=NCC(c1ccc(C)cc1)N1CCCC1)NCCn1cnnc1CC. The third kappa shape index (κ3) is 6.03. The highest BCUT2D eigenvalue weighted by Gasteiger charge is 2.23. The van der Waals surface area contributed by atoms with E-state index in [9.17, 15) is 0 Å². The Hall–Kier alpha value is -2.41. The average Bonchev–Trinajstić information content (AvgIpc) is 3.41. The van der Waals surface area contributed by atoms with Gasteiger partial charge in [0.2, 0.25) is 0 Å². The molecule has 7 heteroatoms. The maximum absolute atomic E-state index is 4.93. The van der Waals surface area contributed by atoms with Crippen LogP contribution in [0.4, 0.5) is 0 Å². The number of aliphatic imine (C=N–C) groups is 1. The minimum absolute atomic E-state index is 0.332. The van der Waals surface area contributed by atoms with Crippen molar-refractivity contribution in [1.82, 2.24) is 30.3 Å². The lowest BCUT2D eigenvalue weighted by Gasteiger charge is -2.27. The monoisotopic (exact) mass is 397 g/mol. The summed E-state index contributed by atoms with van der Waals surface area (Å²) in [5.41, 5.74) is 2.65. The Labute approximate surface area is 174 Å². The maximum Gasteiger partial charge on any atom is 0.191 e. The largest absolute Gasteiger partial charge is 0.357 e. The smallest absolute Gasteiger partial charge is 0.191 e. The van der Waals surface area contributed by atoms with E-state index in [-0.39, 0.29) is 0 Å². The first-order chi connectivity index (χ1) is 14.2. The van der Waals surface area contributed by atoms with E-state index in [0.717, 1.165) is 57.5 Å². The number of rotatable bonds is 9. The van der Waals surface area contributed by atoms with Crippen LogP contribution in [0.15, 0.2) is 35.6 Å². The molecule has 29 heavy (non-hydrogen) atoms. The Morgan fingerprint density at radius 2 is 1.90 bits per heavy atom.